The number of aliphatic hydroxyl groups is 2. The summed E-state index contributed by atoms with van der Waals surface area (Å²) in [6.45, 7) is 14.4. The van der Waals surface area contributed by atoms with Crippen LogP contribution in [0.5, 0.6) is 0 Å². The molecule has 0 aliphatic heterocycles. The lowest BCUT2D eigenvalue weighted by Crippen LogP contribution is -2.28. The molecule has 0 amide bonds. The third kappa shape index (κ3) is 3.31. The van der Waals surface area contributed by atoms with Crippen molar-refractivity contribution >= 4 is 0 Å². The highest BCUT2D eigenvalue weighted by atomic mass is 16.3. The second-order valence-corrected chi connectivity index (χ2v) is 8.45. The van der Waals surface area contributed by atoms with Gasteiger partial charge in [0.05, 0.1) is 6.10 Å². The van der Waals surface area contributed by atoms with Gasteiger partial charge in [-0.2, -0.15) is 0 Å². The summed E-state index contributed by atoms with van der Waals surface area (Å²) >= 11 is 0. The standard InChI is InChI=1S/C27H32O2/c1-7-17-27(29,23-11-9-8-10-12-23)24-15-13-22(14-16-24)25(28)26(6)20(4)18(2)19(3)21(26)5/h7-16,25,28-29H,1,17H2,2-6H3. The summed E-state index contributed by atoms with van der Waals surface area (Å²) < 4.78 is 0. The molecule has 2 N–H and O–H groups in total. The van der Waals surface area contributed by atoms with Gasteiger partial charge in [0, 0.05) is 11.8 Å². The molecule has 2 nitrogen and oxygen atoms in total. The van der Waals surface area contributed by atoms with E-state index < -0.39 is 17.1 Å². The molecule has 0 aromatic heterocycles. The maximum absolute atomic E-state index is 11.5. The molecule has 152 valence electrons. The highest BCUT2D eigenvalue weighted by molar-refractivity contribution is 5.52. The third-order valence-electron chi connectivity index (χ3n) is 7.19. The predicted molar refractivity (Wildman–Crippen MR) is 121 cm³/mol. The first kappa shape index (κ1) is 21.3. The second kappa shape index (κ2) is 7.78. The molecular weight excluding hydrogens is 356 g/mol. The lowest BCUT2D eigenvalue weighted by atomic mass is 9.72. The zero-order valence-electron chi connectivity index (χ0n) is 18.2. The molecule has 0 fully saturated rings. The third-order valence-corrected chi connectivity index (χ3v) is 7.19. The summed E-state index contributed by atoms with van der Waals surface area (Å²) in [5, 5.41) is 22.8. The van der Waals surface area contributed by atoms with Crippen molar-refractivity contribution in [3.63, 3.8) is 0 Å². The Morgan fingerprint density at radius 1 is 0.897 bits per heavy atom. The average Bonchev–Trinajstić information content (AvgIpc) is 2.90. The van der Waals surface area contributed by atoms with E-state index in [4.69, 9.17) is 0 Å². The van der Waals surface area contributed by atoms with Crippen molar-refractivity contribution in [3.8, 4) is 0 Å². The maximum Gasteiger partial charge on any atom is 0.118 e. The van der Waals surface area contributed by atoms with Gasteiger partial charge in [0.15, 0.2) is 0 Å². The van der Waals surface area contributed by atoms with Gasteiger partial charge in [-0.3, -0.25) is 0 Å². The second-order valence-electron chi connectivity index (χ2n) is 8.45. The van der Waals surface area contributed by atoms with Gasteiger partial charge < -0.3 is 10.2 Å². The van der Waals surface area contributed by atoms with Crippen LogP contribution < -0.4 is 0 Å². The molecule has 2 heteroatoms. The Morgan fingerprint density at radius 3 is 1.86 bits per heavy atom. The van der Waals surface area contributed by atoms with Crippen LogP contribution in [0.15, 0.2) is 89.5 Å². The van der Waals surface area contributed by atoms with Crippen LogP contribution in [-0.2, 0) is 5.60 Å². The highest BCUT2D eigenvalue weighted by Crippen LogP contribution is 2.53. The Bertz CT molecular complexity index is 939. The number of rotatable bonds is 6. The molecule has 2 aromatic rings. The van der Waals surface area contributed by atoms with Crippen molar-refractivity contribution in [2.45, 2.75) is 52.7 Å². The summed E-state index contributed by atoms with van der Waals surface area (Å²) in [6.07, 6.45) is 1.51. The van der Waals surface area contributed by atoms with Crippen LogP contribution >= 0.6 is 0 Å². The Balaban J connectivity index is 1.99. The topological polar surface area (TPSA) is 40.5 Å². The number of aliphatic hydroxyl groups excluding tert-OH is 1. The summed E-state index contributed by atoms with van der Waals surface area (Å²) in [5.74, 6) is 0. The Kier molecular flexibility index (Phi) is 5.71. The van der Waals surface area contributed by atoms with E-state index in [1.807, 2.05) is 54.6 Å². The van der Waals surface area contributed by atoms with Crippen molar-refractivity contribution in [2.24, 2.45) is 5.41 Å². The first-order chi connectivity index (χ1) is 13.7. The quantitative estimate of drug-likeness (QED) is 0.576. The van der Waals surface area contributed by atoms with Gasteiger partial charge in [0.25, 0.3) is 0 Å². The first-order valence-corrected chi connectivity index (χ1v) is 10.2. The van der Waals surface area contributed by atoms with E-state index in [-0.39, 0.29) is 0 Å². The lowest BCUT2D eigenvalue weighted by Gasteiger charge is -2.35. The summed E-state index contributed by atoms with van der Waals surface area (Å²) in [7, 11) is 0. The van der Waals surface area contributed by atoms with Gasteiger partial charge in [-0.25, -0.2) is 0 Å². The molecule has 0 saturated heterocycles. The summed E-state index contributed by atoms with van der Waals surface area (Å²) in [4.78, 5) is 0. The zero-order valence-corrected chi connectivity index (χ0v) is 18.2. The highest BCUT2D eigenvalue weighted by Gasteiger charge is 2.43. The van der Waals surface area contributed by atoms with Crippen molar-refractivity contribution in [1.29, 1.82) is 0 Å². The fourth-order valence-electron chi connectivity index (χ4n) is 4.63. The van der Waals surface area contributed by atoms with Gasteiger partial charge >= 0.3 is 0 Å². The van der Waals surface area contributed by atoms with Gasteiger partial charge in [-0.05, 0) is 62.5 Å². The van der Waals surface area contributed by atoms with E-state index in [1.165, 1.54) is 22.3 Å². The number of benzene rings is 2. The van der Waals surface area contributed by atoms with Gasteiger partial charge in [-0.1, -0.05) is 71.8 Å². The van der Waals surface area contributed by atoms with Crippen LogP contribution in [0.2, 0.25) is 0 Å². The molecule has 0 bridgehead atoms. The minimum atomic E-state index is -1.14. The predicted octanol–water partition coefficient (Wildman–Crippen LogP) is 6.22. The van der Waals surface area contributed by atoms with Gasteiger partial charge in [0.2, 0.25) is 0 Å². The fraction of sp³-hybridized carbons (Fsp3) is 0.333. The molecule has 1 aliphatic rings. The number of hydrogen-bond acceptors (Lipinski definition) is 2. The Morgan fingerprint density at radius 2 is 1.38 bits per heavy atom. The van der Waals surface area contributed by atoms with Crippen LogP contribution in [0.1, 0.15) is 63.8 Å². The minimum Gasteiger partial charge on any atom is -0.387 e. The van der Waals surface area contributed by atoms with E-state index in [0.717, 1.165) is 16.7 Å². The molecule has 0 radical (unpaired) electrons. The van der Waals surface area contributed by atoms with Crippen LogP contribution in [0.4, 0.5) is 0 Å². The van der Waals surface area contributed by atoms with Crippen molar-refractivity contribution in [3.05, 3.63) is 106 Å². The van der Waals surface area contributed by atoms with Crippen molar-refractivity contribution in [2.75, 3.05) is 0 Å². The monoisotopic (exact) mass is 388 g/mol. The molecule has 2 aromatic carbocycles. The normalized spacial score (nSPS) is 19.3. The molecule has 29 heavy (non-hydrogen) atoms. The summed E-state index contributed by atoms with van der Waals surface area (Å²) in [5.41, 5.74) is 5.91. The molecule has 1 aliphatic carbocycles. The molecule has 0 heterocycles. The smallest absolute Gasteiger partial charge is 0.118 e. The molecule has 3 rings (SSSR count). The number of hydrogen-bond donors (Lipinski definition) is 2. The molecule has 2 atom stereocenters. The minimum absolute atomic E-state index is 0.410. The van der Waals surface area contributed by atoms with E-state index in [9.17, 15) is 10.2 Å². The zero-order chi connectivity index (χ0) is 21.4. The lowest BCUT2D eigenvalue weighted by molar-refractivity contribution is 0.0817. The SMILES string of the molecule is C=CCC(O)(c1ccccc1)c1ccc(C(O)C2(C)C(C)=C(C)C(C)=C2C)cc1. The molecule has 0 saturated carbocycles. The Labute approximate surface area is 174 Å². The van der Waals surface area contributed by atoms with Crippen LogP contribution in [-0.4, -0.2) is 10.2 Å². The van der Waals surface area contributed by atoms with Crippen LogP contribution in [0.25, 0.3) is 0 Å². The van der Waals surface area contributed by atoms with Crippen LogP contribution in [0, 0.1) is 5.41 Å². The first-order valence-electron chi connectivity index (χ1n) is 10.2. The fourth-order valence-corrected chi connectivity index (χ4v) is 4.63. The van der Waals surface area contributed by atoms with Gasteiger partial charge in [0.1, 0.15) is 5.60 Å². The largest absolute Gasteiger partial charge is 0.387 e. The average molecular weight is 389 g/mol. The molecular formula is C27H32O2. The van der Waals surface area contributed by atoms with Crippen LogP contribution in [0.3, 0.4) is 0 Å². The molecule has 0 spiro atoms. The van der Waals surface area contributed by atoms with Crippen molar-refractivity contribution in [1.82, 2.24) is 0 Å². The van der Waals surface area contributed by atoms with E-state index in [2.05, 4.69) is 41.2 Å². The van der Waals surface area contributed by atoms with Crippen molar-refractivity contribution < 1.29 is 10.2 Å². The maximum atomic E-state index is 11.5. The summed E-state index contributed by atoms with van der Waals surface area (Å²) in [6, 6.07) is 17.4. The van der Waals surface area contributed by atoms with E-state index in [1.54, 1.807) is 6.08 Å². The molecule has 2 unspecified atom stereocenters. The number of allylic oxidation sites excluding steroid dienone is 2. The van der Waals surface area contributed by atoms with E-state index in [0.29, 0.717) is 6.42 Å². The van der Waals surface area contributed by atoms with E-state index >= 15 is 0 Å². The Hall–Kier alpha value is -2.42. The van der Waals surface area contributed by atoms with Gasteiger partial charge in [-0.15, -0.1) is 6.58 Å².